The molecule has 1 saturated carbocycles. The summed E-state index contributed by atoms with van der Waals surface area (Å²) in [6.45, 7) is 13.3. The zero-order chi connectivity index (χ0) is 50.9. The zero-order valence-corrected chi connectivity index (χ0v) is 42.6. The van der Waals surface area contributed by atoms with Gasteiger partial charge in [0, 0.05) is 52.0 Å². The van der Waals surface area contributed by atoms with Gasteiger partial charge in [-0.05, 0) is 118 Å². The Morgan fingerprint density at radius 3 is 2.30 bits per heavy atom. The molecule has 0 spiro atoms. The van der Waals surface area contributed by atoms with E-state index in [4.69, 9.17) is 28.4 Å². The summed E-state index contributed by atoms with van der Waals surface area (Å²) in [6.07, 6.45) is 4.47. The Balaban J connectivity index is 1.27. The maximum Gasteiger partial charge on any atom is 0.329 e. The van der Waals surface area contributed by atoms with Crippen molar-refractivity contribution >= 4 is 34.2 Å². The Hall–Kier alpha value is -4.12. The monoisotopic (exact) mass is 974 g/mol. The Morgan fingerprint density at radius 1 is 0.900 bits per heavy atom. The second-order valence-electron chi connectivity index (χ2n) is 20.7. The molecule has 14 nitrogen and oxygen atoms in total. The number of allylic oxidation sites excluding steroid dienone is 4. The molecular formula is C56H79NO13. The number of rotatable bonds is 11. The number of ketones is 2. The summed E-state index contributed by atoms with van der Waals surface area (Å²) >= 11 is 0. The number of benzene rings is 2. The number of carbonyl (C=O) groups is 4. The van der Waals surface area contributed by atoms with Crippen molar-refractivity contribution in [2.75, 3.05) is 34.5 Å². The molecule has 14 heteroatoms. The fourth-order valence-electron chi connectivity index (χ4n) is 11.3. The molecule has 3 fully saturated rings. The van der Waals surface area contributed by atoms with Gasteiger partial charge in [-0.3, -0.25) is 14.4 Å². The summed E-state index contributed by atoms with van der Waals surface area (Å²) in [5.74, 6) is -7.92. The number of hydrogen-bond donors (Lipinski definition) is 3. The van der Waals surface area contributed by atoms with Crippen molar-refractivity contribution in [3.05, 3.63) is 84.0 Å². The van der Waals surface area contributed by atoms with Crippen LogP contribution in [0.3, 0.4) is 0 Å². The Morgan fingerprint density at radius 2 is 1.60 bits per heavy atom. The molecule has 6 rings (SSSR count). The van der Waals surface area contributed by atoms with Crippen LogP contribution in [-0.4, -0.2) is 133 Å². The van der Waals surface area contributed by atoms with Gasteiger partial charge in [0.15, 0.2) is 0 Å². The highest BCUT2D eigenvalue weighted by atomic mass is 16.7. The van der Waals surface area contributed by atoms with E-state index in [-0.39, 0.29) is 62.2 Å². The van der Waals surface area contributed by atoms with Gasteiger partial charge in [-0.1, -0.05) is 81.0 Å². The van der Waals surface area contributed by atoms with Crippen LogP contribution >= 0.6 is 0 Å². The van der Waals surface area contributed by atoms with Gasteiger partial charge in [-0.2, -0.15) is 0 Å². The lowest BCUT2D eigenvalue weighted by Crippen LogP contribution is -2.64. The third kappa shape index (κ3) is 13.1. The second-order valence-corrected chi connectivity index (χ2v) is 20.7. The van der Waals surface area contributed by atoms with Crippen molar-refractivity contribution in [3.8, 4) is 0 Å². The number of cyclic esters (lactones) is 1. The van der Waals surface area contributed by atoms with E-state index in [1.165, 1.54) is 19.1 Å². The molecule has 2 bridgehead atoms. The molecule has 2 saturated heterocycles. The minimum Gasteiger partial charge on any atom is -0.456 e. The number of piperidine rings is 1. The largest absolute Gasteiger partial charge is 0.456 e. The van der Waals surface area contributed by atoms with Gasteiger partial charge in [0.05, 0.1) is 37.1 Å². The molecule has 15 atom stereocenters. The summed E-state index contributed by atoms with van der Waals surface area (Å²) in [7, 11) is 4.69. The number of aliphatic hydroxyl groups excluding tert-OH is 2. The van der Waals surface area contributed by atoms with Gasteiger partial charge < -0.3 is 48.6 Å². The van der Waals surface area contributed by atoms with Crippen molar-refractivity contribution in [2.45, 2.75) is 166 Å². The van der Waals surface area contributed by atoms with Crippen LogP contribution in [0.25, 0.3) is 10.8 Å². The van der Waals surface area contributed by atoms with E-state index in [2.05, 4.69) is 6.58 Å². The van der Waals surface area contributed by atoms with Gasteiger partial charge >= 0.3 is 5.97 Å². The minimum absolute atomic E-state index is 0.00484. The van der Waals surface area contributed by atoms with Crippen LogP contribution in [0.15, 0.2) is 78.4 Å². The van der Waals surface area contributed by atoms with E-state index >= 15 is 0 Å². The molecule has 386 valence electrons. The van der Waals surface area contributed by atoms with Gasteiger partial charge in [0.1, 0.15) is 30.1 Å². The summed E-state index contributed by atoms with van der Waals surface area (Å²) in [5, 5.41) is 37.3. The maximum atomic E-state index is 14.6. The summed E-state index contributed by atoms with van der Waals surface area (Å²) in [6, 6.07) is 12.7. The summed E-state index contributed by atoms with van der Waals surface area (Å²) in [5.41, 5.74) is 2.37. The van der Waals surface area contributed by atoms with Crippen LogP contribution in [-0.2, 0) is 47.6 Å². The van der Waals surface area contributed by atoms with Gasteiger partial charge in [0.25, 0.3) is 11.7 Å². The molecule has 1 aliphatic carbocycles. The van der Waals surface area contributed by atoms with Gasteiger partial charge in [-0.15, -0.1) is 6.58 Å². The summed E-state index contributed by atoms with van der Waals surface area (Å²) < 4.78 is 36.8. The predicted molar refractivity (Wildman–Crippen MR) is 265 cm³/mol. The number of nitrogens with zero attached hydrogens (tertiary/aromatic N) is 1. The van der Waals surface area contributed by atoms with Gasteiger partial charge in [-0.25, -0.2) is 4.79 Å². The van der Waals surface area contributed by atoms with Crippen LogP contribution in [0.4, 0.5) is 0 Å². The third-order valence-corrected chi connectivity index (χ3v) is 15.5. The molecule has 2 aromatic carbocycles. The van der Waals surface area contributed by atoms with Crippen molar-refractivity contribution in [2.24, 2.45) is 29.6 Å². The molecule has 3 N–H and O–H groups in total. The predicted octanol–water partition coefficient (Wildman–Crippen LogP) is 7.55. The standard InChI is InChI=1S/C56H79NO13/c1-10-15-41-25-33(2)24-34(3)26-49(66-8)52-50(67-9)28-36(5)56(64,70-52)53(61)54(62)57-23-14-13-18-43(57)55(63)69-51(37(6)44(58)31-45(41)59)35(4)27-38-19-22-47(48(29-38)65-7)68-32-46(60)42-21-20-39-16-11-12-17-40(39)30-42/h10-12,16-17,20-21,25,27,30,34,36-38,41,43-44,46-52,58,60,64H,1,13-15,18-19,22-24,26,28-29,31-32H2,2-9H3/b33-25-,35-27+/t34-,36+,37+,38-,41+,43-,44-,46+,47+,48+,49-,50-,51+,52+,56+/m0/s1. The van der Waals surface area contributed by atoms with Gasteiger partial charge in [0.2, 0.25) is 5.79 Å². The number of carbonyl (C=O) groups excluding carboxylic acids is 4. The Labute approximate surface area is 414 Å². The number of ether oxygens (including phenoxy) is 6. The molecule has 4 aliphatic rings. The number of Topliss-reactive ketones (excluding diaryl/α,β-unsaturated/α-hetero) is 2. The number of hydrogen-bond acceptors (Lipinski definition) is 13. The molecule has 3 aliphatic heterocycles. The SMILES string of the molecule is C=CC[C@@H]1/C=C(/C)C[C@H](C)C[C@H](OC)[C@H]2O[C@@](O)(C(=O)C(=O)N3CCCC[C@H]3C(=O)O[C@H](/C(C)=C/[C@@H]3CC[C@@H](OC[C@@H](O)c4ccc5ccccc5c4)[C@H](OC)C3)[C@H](C)[C@@H](O)CC1=O)[C@H](C)C[C@@H]2OC. The lowest BCUT2D eigenvalue weighted by molar-refractivity contribution is -0.302. The fraction of sp³-hybridized carbons (Fsp3) is 0.643. The smallest absolute Gasteiger partial charge is 0.329 e. The first kappa shape index (κ1) is 55.2. The molecule has 0 aromatic heterocycles. The van der Waals surface area contributed by atoms with E-state index in [0.717, 1.165) is 21.9 Å². The van der Waals surface area contributed by atoms with E-state index in [0.29, 0.717) is 56.9 Å². The molecule has 1 amide bonds. The molecule has 3 heterocycles. The summed E-state index contributed by atoms with van der Waals surface area (Å²) in [4.78, 5) is 58.7. The molecule has 2 aromatic rings. The number of amides is 1. The van der Waals surface area contributed by atoms with E-state index in [9.17, 15) is 34.5 Å². The topological polar surface area (TPSA) is 188 Å². The lowest BCUT2D eigenvalue weighted by Gasteiger charge is -2.47. The van der Waals surface area contributed by atoms with Crippen molar-refractivity contribution in [3.63, 3.8) is 0 Å². The van der Waals surface area contributed by atoms with Crippen molar-refractivity contribution < 1.29 is 62.9 Å². The highest BCUT2D eigenvalue weighted by Gasteiger charge is 2.56. The van der Waals surface area contributed by atoms with Crippen LogP contribution in [0.5, 0.6) is 0 Å². The van der Waals surface area contributed by atoms with Crippen LogP contribution < -0.4 is 0 Å². The van der Waals surface area contributed by atoms with Crippen LogP contribution in [0.2, 0.25) is 0 Å². The zero-order valence-electron chi connectivity index (χ0n) is 42.6. The first-order chi connectivity index (χ1) is 33.4. The van der Waals surface area contributed by atoms with Crippen molar-refractivity contribution in [1.82, 2.24) is 4.90 Å². The fourth-order valence-corrected chi connectivity index (χ4v) is 11.3. The molecule has 0 unspecified atom stereocenters. The first-order valence-corrected chi connectivity index (χ1v) is 25.4. The molecule has 70 heavy (non-hydrogen) atoms. The average Bonchev–Trinajstić information content (AvgIpc) is 3.35. The van der Waals surface area contributed by atoms with E-state index < -0.39 is 83.9 Å². The number of methoxy groups -OCH3 is 3. The average molecular weight is 974 g/mol. The van der Waals surface area contributed by atoms with E-state index in [1.54, 1.807) is 27.0 Å². The normalized spacial score (nSPS) is 36.0. The molecule has 0 radical (unpaired) electrons. The Kier molecular flexibility index (Phi) is 19.7. The highest BCUT2D eigenvalue weighted by Crippen LogP contribution is 2.40. The van der Waals surface area contributed by atoms with Crippen LogP contribution in [0.1, 0.15) is 117 Å². The lowest BCUT2D eigenvalue weighted by atomic mass is 9.81. The third-order valence-electron chi connectivity index (χ3n) is 15.5. The van der Waals surface area contributed by atoms with E-state index in [1.807, 2.05) is 75.4 Å². The van der Waals surface area contributed by atoms with Crippen LogP contribution in [0, 0.1) is 29.6 Å². The minimum atomic E-state index is -2.53. The molecular weight excluding hydrogens is 895 g/mol. The quantitative estimate of drug-likeness (QED) is 0.114. The number of esters is 1. The number of aliphatic hydroxyl groups is 3. The number of fused-ring (bicyclic) bond motifs is 4. The first-order valence-electron chi connectivity index (χ1n) is 25.4. The highest BCUT2D eigenvalue weighted by molar-refractivity contribution is 6.39. The Bertz CT molecular complexity index is 2190. The van der Waals surface area contributed by atoms with Crippen molar-refractivity contribution in [1.29, 1.82) is 0 Å². The second kappa shape index (κ2) is 25.0. The maximum absolute atomic E-state index is 14.6.